The molecule has 3 aromatic rings. The second-order valence-corrected chi connectivity index (χ2v) is 8.18. The predicted molar refractivity (Wildman–Crippen MR) is 121 cm³/mol. The second kappa shape index (κ2) is 9.21. The van der Waals surface area contributed by atoms with Crippen LogP contribution in [-0.2, 0) is 17.0 Å². The smallest absolute Gasteiger partial charge is 0.283 e. The molecular formula is C21H15Cl2FN4O2S. The molecule has 4 rings (SSSR count). The number of rotatable bonds is 5. The van der Waals surface area contributed by atoms with E-state index in [1.807, 2.05) is 6.92 Å². The van der Waals surface area contributed by atoms with Crippen molar-refractivity contribution in [3.05, 3.63) is 81.4 Å². The molecule has 0 saturated carbocycles. The van der Waals surface area contributed by atoms with Gasteiger partial charge in [0.05, 0.1) is 21.5 Å². The minimum absolute atomic E-state index is 0.107. The first-order chi connectivity index (χ1) is 15.0. The van der Waals surface area contributed by atoms with E-state index in [0.717, 1.165) is 0 Å². The lowest BCUT2D eigenvalue weighted by molar-refractivity contribution is -0.113. The molecule has 10 heteroatoms. The number of nitrogens with zero attached hydrogens (tertiary/aromatic N) is 4. The summed E-state index contributed by atoms with van der Waals surface area (Å²) in [5, 5.41) is 8.96. The molecule has 2 aromatic carbocycles. The van der Waals surface area contributed by atoms with E-state index in [1.54, 1.807) is 36.4 Å². The van der Waals surface area contributed by atoms with Crippen molar-refractivity contribution in [2.24, 2.45) is 4.99 Å². The maximum atomic E-state index is 14.5. The van der Waals surface area contributed by atoms with Crippen molar-refractivity contribution in [1.82, 2.24) is 10.2 Å². The van der Waals surface area contributed by atoms with E-state index in [-0.39, 0.29) is 17.1 Å². The lowest BCUT2D eigenvalue weighted by Crippen LogP contribution is -2.31. The Bertz CT molecular complexity index is 1210. The molecule has 0 bridgehead atoms. The number of halogens is 3. The third-order valence-electron chi connectivity index (χ3n) is 4.31. The van der Waals surface area contributed by atoms with E-state index >= 15 is 0 Å². The zero-order valence-corrected chi connectivity index (χ0v) is 18.5. The fourth-order valence-corrected chi connectivity index (χ4v) is 3.96. The van der Waals surface area contributed by atoms with Gasteiger partial charge in [-0.1, -0.05) is 60.1 Å². The Hall–Kier alpha value is -2.68. The molecule has 0 unspecified atom stereocenters. The first kappa shape index (κ1) is 21.5. The van der Waals surface area contributed by atoms with E-state index in [9.17, 15) is 9.18 Å². The number of thioether (sulfide) groups is 1. The molecule has 0 fully saturated rings. The Balaban J connectivity index is 1.68. The molecule has 0 atom stereocenters. The van der Waals surface area contributed by atoms with Crippen molar-refractivity contribution in [2.45, 2.75) is 19.1 Å². The van der Waals surface area contributed by atoms with Crippen molar-refractivity contribution < 1.29 is 13.6 Å². The van der Waals surface area contributed by atoms with Gasteiger partial charge in [-0.2, -0.15) is 0 Å². The Morgan fingerprint density at radius 2 is 1.90 bits per heavy atom. The first-order valence-electron chi connectivity index (χ1n) is 9.24. The molecule has 1 aliphatic heterocycles. The third kappa shape index (κ3) is 4.66. The van der Waals surface area contributed by atoms with Crippen LogP contribution in [0.15, 0.2) is 57.6 Å². The summed E-state index contributed by atoms with van der Waals surface area (Å²) in [6.07, 6.45) is 2.20. The van der Waals surface area contributed by atoms with Crippen LogP contribution < -0.4 is 4.90 Å². The van der Waals surface area contributed by atoms with Crippen LogP contribution in [0.1, 0.15) is 24.3 Å². The average molecular weight is 477 g/mol. The SMILES string of the molecule is CCc1nnc(CSC2=N/C(=C\c3ccc(Cl)c(Cl)c3)C(=O)N2c2ccccc2F)o1. The van der Waals surface area contributed by atoms with Crippen LogP contribution in [0.5, 0.6) is 0 Å². The topological polar surface area (TPSA) is 71.6 Å². The van der Waals surface area contributed by atoms with E-state index in [4.69, 9.17) is 27.6 Å². The number of aryl methyl sites for hydroxylation is 1. The number of hydrogen-bond acceptors (Lipinski definition) is 6. The number of amidine groups is 1. The van der Waals surface area contributed by atoms with Gasteiger partial charge in [0.2, 0.25) is 11.8 Å². The van der Waals surface area contributed by atoms with Crippen LogP contribution in [0.25, 0.3) is 6.08 Å². The molecule has 1 amide bonds. The molecule has 0 radical (unpaired) electrons. The summed E-state index contributed by atoms with van der Waals surface area (Å²) in [4.78, 5) is 18.8. The van der Waals surface area contributed by atoms with Gasteiger partial charge < -0.3 is 4.42 Å². The molecular weight excluding hydrogens is 462 g/mol. The van der Waals surface area contributed by atoms with Gasteiger partial charge in [-0.3, -0.25) is 9.69 Å². The first-order valence-corrected chi connectivity index (χ1v) is 11.0. The summed E-state index contributed by atoms with van der Waals surface area (Å²) >= 11 is 13.2. The van der Waals surface area contributed by atoms with Gasteiger partial charge >= 0.3 is 0 Å². The fourth-order valence-electron chi connectivity index (χ4n) is 2.81. The quantitative estimate of drug-likeness (QED) is 0.438. The molecule has 1 aromatic heterocycles. The number of aliphatic imine (C=N–C) groups is 1. The van der Waals surface area contributed by atoms with Crippen molar-refractivity contribution in [2.75, 3.05) is 4.90 Å². The predicted octanol–water partition coefficient (Wildman–Crippen LogP) is 5.76. The highest BCUT2D eigenvalue weighted by atomic mass is 35.5. The Morgan fingerprint density at radius 1 is 1.13 bits per heavy atom. The summed E-state index contributed by atoms with van der Waals surface area (Å²) < 4.78 is 20.0. The monoisotopic (exact) mass is 476 g/mol. The minimum Gasteiger partial charge on any atom is -0.424 e. The largest absolute Gasteiger partial charge is 0.424 e. The van der Waals surface area contributed by atoms with Crippen LogP contribution in [0, 0.1) is 5.82 Å². The Labute approximate surface area is 191 Å². The molecule has 158 valence electrons. The van der Waals surface area contributed by atoms with Gasteiger partial charge in [-0.15, -0.1) is 10.2 Å². The molecule has 0 aliphatic carbocycles. The highest BCUT2D eigenvalue weighted by molar-refractivity contribution is 8.13. The van der Waals surface area contributed by atoms with Crippen molar-refractivity contribution in [1.29, 1.82) is 0 Å². The highest BCUT2D eigenvalue weighted by Gasteiger charge is 2.33. The lowest BCUT2D eigenvalue weighted by atomic mass is 10.2. The molecule has 31 heavy (non-hydrogen) atoms. The van der Waals surface area contributed by atoms with Crippen LogP contribution in [0.2, 0.25) is 10.0 Å². The number of carbonyl (C=O) groups is 1. The summed E-state index contributed by atoms with van der Waals surface area (Å²) in [5.74, 6) is 0.201. The molecule has 0 saturated heterocycles. The fraction of sp³-hybridized carbons (Fsp3) is 0.143. The van der Waals surface area contributed by atoms with Crippen LogP contribution in [0.3, 0.4) is 0 Å². The molecule has 0 N–H and O–H groups in total. The molecule has 2 heterocycles. The van der Waals surface area contributed by atoms with Crippen LogP contribution in [-0.4, -0.2) is 21.3 Å². The second-order valence-electron chi connectivity index (χ2n) is 6.42. The molecule has 6 nitrogen and oxygen atoms in total. The van der Waals surface area contributed by atoms with Gasteiger partial charge in [0.15, 0.2) is 5.17 Å². The van der Waals surface area contributed by atoms with E-state index in [2.05, 4.69) is 15.2 Å². The van der Waals surface area contributed by atoms with E-state index in [0.29, 0.717) is 39.0 Å². The number of aromatic nitrogens is 2. The Kier molecular flexibility index (Phi) is 6.41. The zero-order valence-electron chi connectivity index (χ0n) is 16.2. The summed E-state index contributed by atoms with van der Waals surface area (Å²) in [5.41, 5.74) is 0.894. The third-order valence-corrected chi connectivity index (χ3v) is 5.97. The number of hydrogen-bond donors (Lipinski definition) is 0. The Morgan fingerprint density at radius 3 is 2.61 bits per heavy atom. The van der Waals surface area contributed by atoms with E-state index in [1.165, 1.54) is 28.8 Å². The number of carbonyl (C=O) groups excluding carboxylic acids is 1. The zero-order chi connectivity index (χ0) is 22.0. The number of anilines is 1. The number of benzene rings is 2. The summed E-state index contributed by atoms with van der Waals surface area (Å²) in [6, 6.07) is 11.0. The number of amides is 1. The minimum atomic E-state index is -0.536. The van der Waals surface area contributed by atoms with Crippen LogP contribution >= 0.6 is 35.0 Å². The number of para-hydroxylation sites is 1. The molecule has 0 spiro atoms. The maximum Gasteiger partial charge on any atom is 0.283 e. The van der Waals surface area contributed by atoms with Crippen molar-refractivity contribution in [3.8, 4) is 0 Å². The molecule has 1 aliphatic rings. The van der Waals surface area contributed by atoms with Crippen molar-refractivity contribution in [3.63, 3.8) is 0 Å². The van der Waals surface area contributed by atoms with Gasteiger partial charge in [0.1, 0.15) is 11.5 Å². The average Bonchev–Trinajstić information content (AvgIpc) is 3.34. The normalized spacial score (nSPS) is 15.1. The highest BCUT2D eigenvalue weighted by Crippen LogP contribution is 2.32. The van der Waals surface area contributed by atoms with Crippen molar-refractivity contribution >= 4 is 57.8 Å². The lowest BCUT2D eigenvalue weighted by Gasteiger charge is -2.17. The van der Waals surface area contributed by atoms with Gasteiger partial charge in [0, 0.05) is 6.42 Å². The standard InChI is InChI=1S/C21H15Cl2FN4O2S/c1-2-18-26-27-19(30-18)11-31-21-25-16(10-12-7-8-13(22)14(23)9-12)20(29)28(21)17-6-4-3-5-15(17)24/h3-10H,2,11H2,1H3/b16-10-. The van der Waals surface area contributed by atoms with Gasteiger partial charge in [0.25, 0.3) is 5.91 Å². The van der Waals surface area contributed by atoms with Gasteiger partial charge in [-0.05, 0) is 35.9 Å². The van der Waals surface area contributed by atoms with Crippen LogP contribution in [0.4, 0.5) is 10.1 Å². The summed E-state index contributed by atoms with van der Waals surface area (Å²) in [7, 11) is 0. The maximum absolute atomic E-state index is 14.5. The summed E-state index contributed by atoms with van der Waals surface area (Å²) in [6.45, 7) is 1.91. The van der Waals surface area contributed by atoms with E-state index < -0.39 is 11.7 Å². The van der Waals surface area contributed by atoms with Gasteiger partial charge in [-0.25, -0.2) is 9.38 Å².